The predicted molar refractivity (Wildman–Crippen MR) is 69.5 cm³/mol. The van der Waals surface area contributed by atoms with Gasteiger partial charge in [-0.1, -0.05) is 6.07 Å². The van der Waals surface area contributed by atoms with Crippen molar-refractivity contribution in [1.29, 1.82) is 0 Å². The molecule has 0 aliphatic rings. The van der Waals surface area contributed by atoms with Gasteiger partial charge in [0, 0.05) is 11.3 Å². The van der Waals surface area contributed by atoms with Crippen LogP contribution < -0.4 is 5.32 Å². The van der Waals surface area contributed by atoms with Gasteiger partial charge in [0.15, 0.2) is 5.76 Å². The first-order valence-corrected chi connectivity index (χ1v) is 5.69. The zero-order chi connectivity index (χ0) is 14.0. The van der Waals surface area contributed by atoms with Crippen molar-refractivity contribution in [2.24, 2.45) is 0 Å². The minimum atomic E-state index is -1.04. The number of nitrogens with one attached hydrogen (secondary N) is 1. The van der Waals surface area contributed by atoms with E-state index in [0.29, 0.717) is 11.4 Å². The van der Waals surface area contributed by atoms with Crippen LogP contribution in [0.1, 0.15) is 32.2 Å². The fourth-order valence-electron chi connectivity index (χ4n) is 1.78. The maximum absolute atomic E-state index is 12.0. The third-order valence-electron chi connectivity index (χ3n) is 2.61. The van der Waals surface area contributed by atoms with Crippen LogP contribution in [0.5, 0.6) is 0 Å². The van der Waals surface area contributed by atoms with Crippen LogP contribution in [0.3, 0.4) is 0 Å². The van der Waals surface area contributed by atoms with E-state index in [1.165, 1.54) is 12.1 Å². The van der Waals surface area contributed by atoms with Crippen molar-refractivity contribution < 1.29 is 19.1 Å². The summed E-state index contributed by atoms with van der Waals surface area (Å²) in [7, 11) is 0. The second-order valence-electron chi connectivity index (χ2n) is 4.21. The normalized spacial score (nSPS) is 10.2. The summed E-state index contributed by atoms with van der Waals surface area (Å²) in [5.74, 6) is -0.547. The number of carboxylic acids is 1. The molecule has 0 saturated carbocycles. The molecule has 5 nitrogen and oxygen atoms in total. The van der Waals surface area contributed by atoms with Crippen molar-refractivity contribution in [3.63, 3.8) is 0 Å². The molecule has 1 aromatic carbocycles. The molecule has 0 aliphatic heterocycles. The molecule has 5 heteroatoms. The summed E-state index contributed by atoms with van der Waals surface area (Å²) < 4.78 is 5.30. The van der Waals surface area contributed by atoms with Gasteiger partial charge in [-0.15, -0.1) is 0 Å². The second kappa shape index (κ2) is 4.97. The van der Waals surface area contributed by atoms with Crippen molar-refractivity contribution in [2.45, 2.75) is 13.8 Å². The molecule has 0 saturated heterocycles. The number of aryl methyl sites for hydroxylation is 2. The molecule has 0 aliphatic carbocycles. The van der Waals surface area contributed by atoms with Gasteiger partial charge in [-0.25, -0.2) is 4.79 Å². The number of furan rings is 1. The molecular weight excluding hydrogens is 246 g/mol. The molecule has 0 bridgehead atoms. The highest BCUT2D eigenvalue weighted by atomic mass is 16.4. The first-order chi connectivity index (χ1) is 8.97. The van der Waals surface area contributed by atoms with E-state index >= 15 is 0 Å². The van der Waals surface area contributed by atoms with E-state index in [1.807, 2.05) is 0 Å². The molecule has 98 valence electrons. The molecule has 1 heterocycles. The molecule has 19 heavy (non-hydrogen) atoms. The van der Waals surface area contributed by atoms with Gasteiger partial charge in [0.25, 0.3) is 5.91 Å². The Labute approximate surface area is 109 Å². The average Bonchev–Trinajstić information content (AvgIpc) is 2.69. The number of carbonyl (C=O) groups is 2. The Morgan fingerprint density at radius 1 is 1.21 bits per heavy atom. The van der Waals surface area contributed by atoms with Crippen LogP contribution in [0.4, 0.5) is 5.69 Å². The molecule has 1 amide bonds. The SMILES string of the molecule is Cc1cc(C)c(C(=O)Nc2cccc(C(=O)O)c2)o1. The third kappa shape index (κ3) is 2.82. The van der Waals surface area contributed by atoms with Crippen LogP contribution >= 0.6 is 0 Å². The number of anilines is 1. The number of rotatable bonds is 3. The van der Waals surface area contributed by atoms with Crippen molar-refractivity contribution in [1.82, 2.24) is 0 Å². The highest BCUT2D eigenvalue weighted by Crippen LogP contribution is 2.17. The van der Waals surface area contributed by atoms with Gasteiger partial charge in [-0.05, 0) is 38.1 Å². The Hall–Kier alpha value is -2.56. The van der Waals surface area contributed by atoms with Crippen LogP contribution in [-0.4, -0.2) is 17.0 Å². The maximum Gasteiger partial charge on any atom is 0.335 e. The Morgan fingerprint density at radius 3 is 2.53 bits per heavy atom. The number of hydrogen-bond acceptors (Lipinski definition) is 3. The summed E-state index contributed by atoms with van der Waals surface area (Å²) >= 11 is 0. The number of carboxylic acid groups (broad SMARTS) is 1. The predicted octanol–water partition coefficient (Wildman–Crippen LogP) is 2.85. The zero-order valence-electron chi connectivity index (χ0n) is 10.6. The van der Waals surface area contributed by atoms with Crippen LogP contribution in [-0.2, 0) is 0 Å². The minimum Gasteiger partial charge on any atom is -0.478 e. The van der Waals surface area contributed by atoms with Gasteiger partial charge >= 0.3 is 5.97 Å². The van der Waals surface area contributed by atoms with E-state index < -0.39 is 11.9 Å². The van der Waals surface area contributed by atoms with Crippen LogP contribution in [0.2, 0.25) is 0 Å². The summed E-state index contributed by atoms with van der Waals surface area (Å²) in [6, 6.07) is 7.81. The van der Waals surface area contributed by atoms with Crippen molar-refractivity contribution >= 4 is 17.6 Å². The first-order valence-electron chi connectivity index (χ1n) is 5.69. The van der Waals surface area contributed by atoms with Gasteiger partial charge in [0.2, 0.25) is 0 Å². The lowest BCUT2D eigenvalue weighted by Gasteiger charge is -2.04. The lowest BCUT2D eigenvalue weighted by molar-refractivity contribution is 0.0696. The van der Waals surface area contributed by atoms with Gasteiger partial charge in [-0.3, -0.25) is 4.79 Å². The van der Waals surface area contributed by atoms with E-state index in [1.54, 1.807) is 32.0 Å². The molecule has 1 aromatic heterocycles. The number of amides is 1. The van der Waals surface area contributed by atoms with E-state index in [9.17, 15) is 9.59 Å². The van der Waals surface area contributed by atoms with Crippen LogP contribution in [0.15, 0.2) is 34.7 Å². The van der Waals surface area contributed by atoms with Gasteiger partial charge in [0.1, 0.15) is 5.76 Å². The molecule has 0 spiro atoms. The van der Waals surface area contributed by atoms with Gasteiger partial charge in [-0.2, -0.15) is 0 Å². The third-order valence-corrected chi connectivity index (χ3v) is 2.61. The summed E-state index contributed by atoms with van der Waals surface area (Å²) in [5, 5.41) is 11.5. The summed E-state index contributed by atoms with van der Waals surface area (Å²) in [5.41, 5.74) is 1.27. The molecular formula is C14H13NO4. The Bertz CT molecular complexity index is 643. The van der Waals surface area contributed by atoms with Crippen LogP contribution in [0, 0.1) is 13.8 Å². The molecule has 0 fully saturated rings. The van der Waals surface area contributed by atoms with E-state index in [2.05, 4.69) is 5.32 Å². The summed E-state index contributed by atoms with van der Waals surface area (Å²) in [6.45, 7) is 3.54. The van der Waals surface area contributed by atoms with Gasteiger partial charge < -0.3 is 14.8 Å². The average molecular weight is 259 g/mol. The van der Waals surface area contributed by atoms with E-state index in [-0.39, 0.29) is 11.3 Å². The number of aromatic carboxylic acids is 1. The number of benzene rings is 1. The monoisotopic (exact) mass is 259 g/mol. The largest absolute Gasteiger partial charge is 0.478 e. The van der Waals surface area contributed by atoms with Gasteiger partial charge in [0.05, 0.1) is 5.56 Å². The first kappa shape index (κ1) is 12.9. The second-order valence-corrected chi connectivity index (χ2v) is 4.21. The molecule has 2 rings (SSSR count). The number of carbonyl (C=O) groups excluding carboxylic acids is 1. The lowest BCUT2D eigenvalue weighted by atomic mass is 10.2. The Balaban J connectivity index is 2.21. The highest BCUT2D eigenvalue weighted by molar-refractivity contribution is 6.03. The van der Waals surface area contributed by atoms with Crippen molar-refractivity contribution in [2.75, 3.05) is 5.32 Å². The smallest absolute Gasteiger partial charge is 0.335 e. The fourth-order valence-corrected chi connectivity index (χ4v) is 1.78. The molecule has 0 radical (unpaired) electrons. The van der Waals surface area contributed by atoms with E-state index in [0.717, 1.165) is 5.56 Å². The molecule has 0 unspecified atom stereocenters. The zero-order valence-corrected chi connectivity index (χ0v) is 10.6. The molecule has 2 aromatic rings. The topological polar surface area (TPSA) is 79.5 Å². The molecule has 0 atom stereocenters. The Kier molecular flexibility index (Phi) is 3.37. The maximum atomic E-state index is 12.0. The van der Waals surface area contributed by atoms with Crippen molar-refractivity contribution in [3.05, 3.63) is 53.0 Å². The minimum absolute atomic E-state index is 0.116. The highest BCUT2D eigenvalue weighted by Gasteiger charge is 2.15. The lowest BCUT2D eigenvalue weighted by Crippen LogP contribution is -2.12. The standard InChI is InChI=1S/C14H13NO4/c1-8-6-9(2)19-12(8)13(16)15-11-5-3-4-10(7-11)14(17)18/h3-7H,1-2H3,(H,15,16)(H,17,18). The fraction of sp³-hybridized carbons (Fsp3) is 0.143. The van der Waals surface area contributed by atoms with Crippen molar-refractivity contribution in [3.8, 4) is 0 Å². The van der Waals surface area contributed by atoms with E-state index in [4.69, 9.17) is 9.52 Å². The summed E-state index contributed by atoms with van der Waals surface area (Å²) in [4.78, 5) is 22.8. The molecule has 2 N–H and O–H groups in total. The van der Waals surface area contributed by atoms with Crippen LogP contribution in [0.25, 0.3) is 0 Å². The number of hydrogen-bond donors (Lipinski definition) is 2. The Morgan fingerprint density at radius 2 is 1.95 bits per heavy atom. The quantitative estimate of drug-likeness (QED) is 0.888. The summed E-state index contributed by atoms with van der Waals surface area (Å²) in [6.07, 6.45) is 0.